The summed E-state index contributed by atoms with van der Waals surface area (Å²) in [6, 6.07) is 8.88. The second kappa shape index (κ2) is 7.29. The van der Waals surface area contributed by atoms with Crippen LogP contribution in [0.25, 0.3) is 0 Å². The summed E-state index contributed by atoms with van der Waals surface area (Å²) in [6.45, 7) is 0.583. The zero-order valence-corrected chi connectivity index (χ0v) is 9.81. The fourth-order valence-corrected chi connectivity index (χ4v) is 1.30. The van der Waals surface area contributed by atoms with Crippen molar-refractivity contribution in [2.75, 3.05) is 13.7 Å². The van der Waals surface area contributed by atoms with Crippen molar-refractivity contribution in [2.24, 2.45) is 0 Å². The number of benzene rings is 1. The van der Waals surface area contributed by atoms with E-state index in [-0.39, 0.29) is 5.97 Å². The van der Waals surface area contributed by atoms with E-state index in [0.717, 1.165) is 18.6 Å². The predicted molar refractivity (Wildman–Crippen MR) is 62.7 cm³/mol. The van der Waals surface area contributed by atoms with Crippen LogP contribution in [0.2, 0.25) is 0 Å². The normalized spacial score (nSPS) is 9.41. The second-order valence-corrected chi connectivity index (χ2v) is 3.48. The highest BCUT2D eigenvalue weighted by Gasteiger charge is 2.04. The Morgan fingerprint density at radius 1 is 1.29 bits per heavy atom. The number of esters is 1. The summed E-state index contributed by atoms with van der Waals surface area (Å²) in [5, 5.41) is 8.35. The zero-order valence-electron chi connectivity index (χ0n) is 9.81. The van der Waals surface area contributed by atoms with Crippen molar-refractivity contribution < 1.29 is 14.3 Å². The number of unbranched alkanes of at least 4 members (excludes halogenated alkanes) is 2. The molecule has 4 heteroatoms. The molecular weight excluding hydrogens is 218 g/mol. The second-order valence-electron chi connectivity index (χ2n) is 3.48. The van der Waals surface area contributed by atoms with Gasteiger partial charge in [0.2, 0.25) is 0 Å². The molecule has 90 valence electrons. The first-order valence-corrected chi connectivity index (χ1v) is 5.46. The van der Waals surface area contributed by atoms with Crippen molar-refractivity contribution in [3.05, 3.63) is 29.8 Å². The third-order valence-electron chi connectivity index (χ3n) is 2.23. The van der Waals surface area contributed by atoms with Crippen molar-refractivity contribution >= 4 is 5.97 Å². The van der Waals surface area contributed by atoms with Crippen LogP contribution in [-0.2, 0) is 4.74 Å². The van der Waals surface area contributed by atoms with Gasteiger partial charge in [0.15, 0.2) is 0 Å². The summed E-state index contributed by atoms with van der Waals surface area (Å²) in [6.07, 6.45) is 2.26. The molecule has 0 saturated heterocycles. The van der Waals surface area contributed by atoms with E-state index < -0.39 is 0 Å². The topological polar surface area (TPSA) is 59.3 Å². The van der Waals surface area contributed by atoms with Gasteiger partial charge in [0, 0.05) is 6.42 Å². The van der Waals surface area contributed by atoms with Crippen LogP contribution in [-0.4, -0.2) is 19.7 Å². The highest BCUT2D eigenvalue weighted by atomic mass is 16.5. The number of nitrogens with zero attached hydrogens (tertiary/aromatic N) is 1. The number of methoxy groups -OCH3 is 1. The Balaban J connectivity index is 2.36. The minimum Gasteiger partial charge on any atom is -0.494 e. The molecule has 1 rings (SSSR count). The molecule has 0 aliphatic rings. The Morgan fingerprint density at radius 2 is 2.00 bits per heavy atom. The van der Waals surface area contributed by atoms with E-state index in [1.54, 1.807) is 24.3 Å². The molecule has 0 amide bonds. The van der Waals surface area contributed by atoms with E-state index in [2.05, 4.69) is 10.8 Å². The van der Waals surface area contributed by atoms with E-state index >= 15 is 0 Å². The van der Waals surface area contributed by atoms with Gasteiger partial charge in [-0.2, -0.15) is 5.26 Å². The Morgan fingerprint density at radius 3 is 2.59 bits per heavy atom. The van der Waals surface area contributed by atoms with Gasteiger partial charge in [-0.25, -0.2) is 4.79 Å². The van der Waals surface area contributed by atoms with Gasteiger partial charge >= 0.3 is 5.97 Å². The molecule has 0 atom stereocenters. The summed E-state index contributed by atoms with van der Waals surface area (Å²) >= 11 is 0. The number of carbonyl (C=O) groups is 1. The van der Waals surface area contributed by atoms with Crippen molar-refractivity contribution in [3.8, 4) is 11.8 Å². The van der Waals surface area contributed by atoms with E-state index in [0.29, 0.717) is 18.6 Å². The highest BCUT2D eigenvalue weighted by Crippen LogP contribution is 2.13. The number of nitriles is 1. The average Bonchev–Trinajstić information content (AvgIpc) is 2.38. The molecule has 0 saturated carbocycles. The Hall–Kier alpha value is -2.02. The monoisotopic (exact) mass is 233 g/mol. The van der Waals surface area contributed by atoms with Gasteiger partial charge in [-0.3, -0.25) is 0 Å². The van der Waals surface area contributed by atoms with E-state index in [1.807, 2.05) is 0 Å². The number of ether oxygens (including phenoxy) is 2. The van der Waals surface area contributed by atoms with Crippen molar-refractivity contribution in [3.63, 3.8) is 0 Å². The molecule has 0 unspecified atom stereocenters. The molecular formula is C13H15NO3. The molecule has 0 spiro atoms. The van der Waals surface area contributed by atoms with Gasteiger partial charge in [0.05, 0.1) is 25.3 Å². The van der Waals surface area contributed by atoms with Crippen molar-refractivity contribution in [2.45, 2.75) is 19.3 Å². The fourth-order valence-electron chi connectivity index (χ4n) is 1.30. The first kappa shape index (κ1) is 13.0. The molecule has 1 aromatic rings. The Labute approximate surface area is 101 Å². The highest BCUT2D eigenvalue weighted by molar-refractivity contribution is 5.89. The minimum atomic E-state index is -0.356. The summed E-state index contributed by atoms with van der Waals surface area (Å²) in [5.41, 5.74) is 0.504. The van der Waals surface area contributed by atoms with E-state index in [4.69, 9.17) is 10.00 Å². The lowest BCUT2D eigenvalue weighted by Crippen LogP contribution is -2.01. The first-order valence-electron chi connectivity index (χ1n) is 5.46. The zero-order chi connectivity index (χ0) is 12.5. The number of hydrogen-bond donors (Lipinski definition) is 0. The quantitative estimate of drug-likeness (QED) is 0.559. The smallest absolute Gasteiger partial charge is 0.337 e. The average molecular weight is 233 g/mol. The van der Waals surface area contributed by atoms with Gasteiger partial charge < -0.3 is 9.47 Å². The summed E-state index contributed by atoms with van der Waals surface area (Å²) in [4.78, 5) is 11.2. The van der Waals surface area contributed by atoms with Gasteiger partial charge in [-0.15, -0.1) is 0 Å². The van der Waals surface area contributed by atoms with Crippen LogP contribution in [0.3, 0.4) is 0 Å². The van der Waals surface area contributed by atoms with Crippen LogP contribution in [0.4, 0.5) is 0 Å². The molecule has 4 nitrogen and oxygen atoms in total. The summed E-state index contributed by atoms with van der Waals surface area (Å²) in [7, 11) is 1.35. The van der Waals surface area contributed by atoms with Crippen molar-refractivity contribution in [1.29, 1.82) is 5.26 Å². The SMILES string of the molecule is COC(=O)c1ccc(OCCCCC#N)cc1. The molecule has 0 aromatic heterocycles. The van der Waals surface area contributed by atoms with Crippen LogP contribution in [0.5, 0.6) is 5.75 Å². The number of carbonyl (C=O) groups excluding carboxylic acids is 1. The molecule has 17 heavy (non-hydrogen) atoms. The van der Waals surface area contributed by atoms with Crippen molar-refractivity contribution in [1.82, 2.24) is 0 Å². The third kappa shape index (κ3) is 4.56. The molecule has 1 aromatic carbocycles. The lowest BCUT2D eigenvalue weighted by molar-refractivity contribution is 0.0600. The van der Waals surface area contributed by atoms with Crippen LogP contribution >= 0.6 is 0 Å². The van der Waals surface area contributed by atoms with Crippen LogP contribution in [0.1, 0.15) is 29.6 Å². The number of hydrogen-bond acceptors (Lipinski definition) is 4. The lowest BCUT2D eigenvalue weighted by atomic mass is 10.2. The van der Waals surface area contributed by atoms with Gasteiger partial charge in [-0.05, 0) is 37.1 Å². The van der Waals surface area contributed by atoms with Crippen LogP contribution in [0, 0.1) is 11.3 Å². The van der Waals surface area contributed by atoms with Gasteiger partial charge in [0.1, 0.15) is 5.75 Å². The molecule has 0 heterocycles. The third-order valence-corrected chi connectivity index (χ3v) is 2.23. The molecule has 0 aliphatic heterocycles. The Bertz CT molecular complexity index is 392. The predicted octanol–water partition coefficient (Wildman–Crippen LogP) is 2.55. The summed E-state index contributed by atoms with van der Waals surface area (Å²) < 4.78 is 10.1. The molecule has 0 radical (unpaired) electrons. The van der Waals surface area contributed by atoms with Crippen LogP contribution in [0.15, 0.2) is 24.3 Å². The standard InChI is InChI=1S/C13H15NO3/c1-16-13(15)11-5-7-12(8-6-11)17-10-4-2-3-9-14/h5-8H,2-4,10H2,1H3. The maximum Gasteiger partial charge on any atom is 0.337 e. The van der Waals surface area contributed by atoms with Crippen LogP contribution < -0.4 is 4.74 Å². The maximum absolute atomic E-state index is 11.2. The van der Waals surface area contributed by atoms with E-state index in [9.17, 15) is 4.79 Å². The molecule has 0 fully saturated rings. The minimum absolute atomic E-state index is 0.356. The molecule has 0 bridgehead atoms. The maximum atomic E-state index is 11.2. The fraction of sp³-hybridized carbons (Fsp3) is 0.385. The molecule has 0 aliphatic carbocycles. The Kier molecular flexibility index (Phi) is 5.59. The molecule has 0 N–H and O–H groups in total. The lowest BCUT2D eigenvalue weighted by Gasteiger charge is -2.05. The largest absolute Gasteiger partial charge is 0.494 e. The number of rotatable bonds is 6. The van der Waals surface area contributed by atoms with E-state index in [1.165, 1.54) is 7.11 Å². The first-order chi connectivity index (χ1) is 8.27. The summed E-state index contributed by atoms with van der Waals surface area (Å²) in [5.74, 6) is 0.361. The van der Waals surface area contributed by atoms with Gasteiger partial charge in [0.25, 0.3) is 0 Å². The van der Waals surface area contributed by atoms with Gasteiger partial charge in [-0.1, -0.05) is 0 Å².